The minimum absolute atomic E-state index is 0.125. The predicted molar refractivity (Wildman–Crippen MR) is 80.5 cm³/mol. The van der Waals surface area contributed by atoms with E-state index in [1.54, 1.807) is 0 Å². The van der Waals surface area contributed by atoms with Gasteiger partial charge in [-0.15, -0.1) is 0 Å². The van der Waals surface area contributed by atoms with Crippen LogP contribution in [0, 0.1) is 0 Å². The molecule has 1 aliphatic rings. The SMILES string of the molecule is CC(C)n1cc(Br)cc1C(=O)N1C[C@H](C)N[C@@H](C)C1. The van der Waals surface area contributed by atoms with Gasteiger partial charge in [-0.1, -0.05) is 0 Å². The quantitative estimate of drug-likeness (QED) is 0.906. The average Bonchev–Trinajstić information content (AvgIpc) is 2.69. The summed E-state index contributed by atoms with van der Waals surface area (Å²) in [5.41, 5.74) is 0.767. The second-order valence-corrected chi connectivity index (χ2v) is 6.64. The van der Waals surface area contributed by atoms with Crippen molar-refractivity contribution in [3.63, 3.8) is 0 Å². The molecule has 2 heterocycles. The second-order valence-electron chi connectivity index (χ2n) is 5.72. The average molecular weight is 328 g/mol. The molecule has 0 aliphatic carbocycles. The number of piperazine rings is 1. The van der Waals surface area contributed by atoms with Crippen LogP contribution in [-0.2, 0) is 0 Å². The molecule has 4 nitrogen and oxygen atoms in total. The van der Waals surface area contributed by atoms with E-state index in [1.165, 1.54) is 0 Å². The third-order valence-electron chi connectivity index (χ3n) is 3.44. The smallest absolute Gasteiger partial charge is 0.270 e. The Labute approximate surface area is 123 Å². The Morgan fingerprint density at radius 3 is 2.47 bits per heavy atom. The molecule has 1 amide bonds. The highest BCUT2D eigenvalue weighted by Gasteiger charge is 2.27. The molecule has 106 valence electrons. The molecule has 0 bridgehead atoms. The summed E-state index contributed by atoms with van der Waals surface area (Å²) in [4.78, 5) is 14.6. The van der Waals surface area contributed by atoms with E-state index < -0.39 is 0 Å². The molecule has 0 aromatic carbocycles. The Bertz CT molecular complexity index is 459. The first-order valence-electron chi connectivity index (χ1n) is 6.81. The van der Waals surface area contributed by atoms with E-state index >= 15 is 0 Å². The first-order valence-corrected chi connectivity index (χ1v) is 7.60. The van der Waals surface area contributed by atoms with E-state index in [0.29, 0.717) is 12.1 Å². The number of hydrogen-bond acceptors (Lipinski definition) is 2. The largest absolute Gasteiger partial charge is 0.340 e. The third kappa shape index (κ3) is 3.20. The van der Waals surface area contributed by atoms with Crippen molar-refractivity contribution in [2.75, 3.05) is 13.1 Å². The van der Waals surface area contributed by atoms with Crippen LogP contribution < -0.4 is 5.32 Å². The van der Waals surface area contributed by atoms with Gasteiger partial charge in [0.2, 0.25) is 0 Å². The molecule has 0 unspecified atom stereocenters. The van der Waals surface area contributed by atoms with E-state index in [1.807, 2.05) is 21.7 Å². The van der Waals surface area contributed by atoms with Crippen molar-refractivity contribution in [1.29, 1.82) is 0 Å². The van der Waals surface area contributed by atoms with Crippen LogP contribution in [0.4, 0.5) is 0 Å². The van der Waals surface area contributed by atoms with Gasteiger partial charge >= 0.3 is 0 Å². The summed E-state index contributed by atoms with van der Waals surface area (Å²) < 4.78 is 2.99. The number of amides is 1. The maximum absolute atomic E-state index is 12.7. The lowest BCUT2D eigenvalue weighted by Crippen LogP contribution is -2.56. The van der Waals surface area contributed by atoms with Crippen LogP contribution in [0.2, 0.25) is 0 Å². The molecule has 1 aromatic rings. The van der Waals surface area contributed by atoms with Crippen molar-refractivity contribution in [2.24, 2.45) is 0 Å². The van der Waals surface area contributed by atoms with Gasteiger partial charge in [-0.05, 0) is 49.7 Å². The minimum Gasteiger partial charge on any atom is -0.340 e. The van der Waals surface area contributed by atoms with Crippen molar-refractivity contribution in [1.82, 2.24) is 14.8 Å². The summed E-state index contributed by atoms with van der Waals surface area (Å²) in [6.45, 7) is 9.95. The molecule has 1 saturated heterocycles. The summed E-state index contributed by atoms with van der Waals surface area (Å²) in [5.74, 6) is 0.125. The highest BCUT2D eigenvalue weighted by atomic mass is 79.9. The number of nitrogens with zero attached hydrogens (tertiary/aromatic N) is 2. The van der Waals surface area contributed by atoms with Gasteiger partial charge in [0.25, 0.3) is 5.91 Å². The van der Waals surface area contributed by atoms with E-state index in [4.69, 9.17) is 0 Å². The second kappa shape index (κ2) is 5.67. The van der Waals surface area contributed by atoms with E-state index in [9.17, 15) is 4.79 Å². The van der Waals surface area contributed by atoms with Gasteiger partial charge in [-0.2, -0.15) is 0 Å². The number of carbonyl (C=O) groups excluding carboxylic acids is 1. The standard InChI is InChI=1S/C14H22BrN3O/c1-9(2)18-8-12(15)5-13(18)14(19)17-6-10(3)16-11(4)7-17/h5,8-11,16H,6-7H2,1-4H3/t10-,11-/m0/s1. The lowest BCUT2D eigenvalue weighted by molar-refractivity contribution is 0.0661. The first kappa shape index (κ1) is 14.6. The number of carbonyl (C=O) groups is 1. The Morgan fingerprint density at radius 1 is 1.37 bits per heavy atom. The monoisotopic (exact) mass is 327 g/mol. The van der Waals surface area contributed by atoms with Crippen LogP contribution in [0.5, 0.6) is 0 Å². The van der Waals surface area contributed by atoms with Gasteiger partial charge in [0.1, 0.15) is 5.69 Å². The van der Waals surface area contributed by atoms with Gasteiger partial charge in [0, 0.05) is 41.9 Å². The van der Waals surface area contributed by atoms with Gasteiger partial charge in [-0.3, -0.25) is 4.79 Å². The highest BCUT2D eigenvalue weighted by Crippen LogP contribution is 2.21. The predicted octanol–water partition coefficient (Wildman–Crippen LogP) is 2.65. The maximum atomic E-state index is 12.7. The topological polar surface area (TPSA) is 37.3 Å². The molecule has 1 aromatic heterocycles. The number of aromatic nitrogens is 1. The van der Waals surface area contributed by atoms with Gasteiger partial charge in [0.15, 0.2) is 0 Å². The lowest BCUT2D eigenvalue weighted by Gasteiger charge is -2.36. The van der Waals surface area contributed by atoms with Crippen molar-refractivity contribution >= 4 is 21.8 Å². The lowest BCUT2D eigenvalue weighted by atomic mass is 10.1. The zero-order valence-corrected chi connectivity index (χ0v) is 13.6. The van der Waals surface area contributed by atoms with Crippen molar-refractivity contribution in [3.05, 3.63) is 22.4 Å². The van der Waals surface area contributed by atoms with Gasteiger partial charge in [0.05, 0.1) is 0 Å². The molecule has 0 radical (unpaired) electrons. The summed E-state index contributed by atoms with van der Waals surface area (Å²) in [6.07, 6.45) is 1.98. The Balaban J connectivity index is 2.24. The molecular weight excluding hydrogens is 306 g/mol. The molecule has 1 N–H and O–H groups in total. The maximum Gasteiger partial charge on any atom is 0.270 e. The fourth-order valence-electron chi connectivity index (χ4n) is 2.70. The fourth-order valence-corrected chi connectivity index (χ4v) is 3.14. The summed E-state index contributed by atoms with van der Waals surface area (Å²) in [6, 6.07) is 2.89. The van der Waals surface area contributed by atoms with Crippen LogP contribution in [0.15, 0.2) is 16.7 Å². The van der Waals surface area contributed by atoms with Crippen LogP contribution in [-0.4, -0.2) is 40.5 Å². The van der Waals surface area contributed by atoms with E-state index in [2.05, 4.69) is 48.9 Å². The highest BCUT2D eigenvalue weighted by molar-refractivity contribution is 9.10. The normalized spacial score (nSPS) is 24.0. The van der Waals surface area contributed by atoms with Gasteiger partial charge < -0.3 is 14.8 Å². The van der Waals surface area contributed by atoms with Crippen molar-refractivity contribution in [2.45, 2.75) is 45.8 Å². The van der Waals surface area contributed by atoms with Crippen LogP contribution in [0.3, 0.4) is 0 Å². The van der Waals surface area contributed by atoms with Crippen LogP contribution in [0.25, 0.3) is 0 Å². The molecule has 1 aliphatic heterocycles. The number of nitrogens with one attached hydrogen (secondary N) is 1. The third-order valence-corrected chi connectivity index (χ3v) is 3.87. The van der Waals surface area contributed by atoms with Crippen molar-refractivity contribution in [3.8, 4) is 0 Å². The first-order chi connectivity index (χ1) is 8.88. The zero-order valence-electron chi connectivity index (χ0n) is 12.0. The summed E-state index contributed by atoms with van der Waals surface area (Å²) in [5, 5.41) is 3.45. The number of hydrogen-bond donors (Lipinski definition) is 1. The van der Waals surface area contributed by atoms with E-state index in [0.717, 1.165) is 23.3 Å². The van der Waals surface area contributed by atoms with Crippen LogP contribution >= 0.6 is 15.9 Å². The Morgan fingerprint density at radius 2 is 1.95 bits per heavy atom. The molecule has 0 spiro atoms. The Hall–Kier alpha value is -0.810. The molecule has 2 rings (SSSR count). The molecule has 5 heteroatoms. The molecule has 2 atom stereocenters. The van der Waals surface area contributed by atoms with E-state index in [-0.39, 0.29) is 11.9 Å². The molecule has 19 heavy (non-hydrogen) atoms. The molecule has 1 fully saturated rings. The number of rotatable bonds is 2. The summed E-state index contributed by atoms with van der Waals surface area (Å²) in [7, 11) is 0. The van der Waals surface area contributed by atoms with Crippen LogP contribution in [0.1, 0.15) is 44.2 Å². The minimum atomic E-state index is 0.125. The molecule has 0 saturated carbocycles. The summed E-state index contributed by atoms with van der Waals surface area (Å²) >= 11 is 3.46. The molecular formula is C14H22BrN3O. The van der Waals surface area contributed by atoms with Crippen molar-refractivity contribution < 1.29 is 4.79 Å². The number of halogens is 1. The zero-order chi connectivity index (χ0) is 14.2. The fraction of sp³-hybridized carbons (Fsp3) is 0.643. The van der Waals surface area contributed by atoms with Gasteiger partial charge in [-0.25, -0.2) is 0 Å². The Kier molecular flexibility index (Phi) is 4.36.